The molecule has 1 aromatic heterocycles. The normalized spacial score (nSPS) is 11.2. The van der Waals surface area contributed by atoms with Crippen molar-refractivity contribution in [2.75, 3.05) is 0 Å². The standard InChI is InChI=1S/C17H15N3O2S/c1-12-6-8-13(9-7-12)10-18-19-16(21)11-20-14-4-2-3-5-15(14)23-17(20)22/h2-10H,11H2,1H3,(H,19,21)/b18-10+. The third-order valence-electron chi connectivity index (χ3n) is 3.36. The molecule has 3 aromatic rings. The van der Waals surface area contributed by atoms with Crippen LogP contribution in [0.1, 0.15) is 11.1 Å². The van der Waals surface area contributed by atoms with E-state index in [9.17, 15) is 9.59 Å². The van der Waals surface area contributed by atoms with Gasteiger partial charge in [-0.25, -0.2) is 5.43 Å². The number of carbonyl (C=O) groups excluding carboxylic acids is 1. The lowest BCUT2D eigenvalue weighted by molar-refractivity contribution is -0.121. The zero-order chi connectivity index (χ0) is 16.2. The van der Waals surface area contributed by atoms with Gasteiger partial charge in [0.25, 0.3) is 5.91 Å². The quantitative estimate of drug-likeness (QED) is 0.592. The molecule has 0 atom stereocenters. The predicted octanol–water partition coefficient (Wildman–Crippen LogP) is 2.52. The number of aromatic nitrogens is 1. The highest BCUT2D eigenvalue weighted by Gasteiger charge is 2.10. The third kappa shape index (κ3) is 3.54. The molecular formula is C17H15N3O2S. The number of aryl methyl sites for hydroxylation is 1. The van der Waals surface area contributed by atoms with E-state index in [0.717, 1.165) is 32.7 Å². The van der Waals surface area contributed by atoms with E-state index in [-0.39, 0.29) is 17.3 Å². The van der Waals surface area contributed by atoms with E-state index in [1.807, 2.05) is 55.5 Å². The van der Waals surface area contributed by atoms with Gasteiger partial charge >= 0.3 is 4.87 Å². The zero-order valence-electron chi connectivity index (χ0n) is 12.5. The van der Waals surface area contributed by atoms with Crippen molar-refractivity contribution in [2.45, 2.75) is 13.5 Å². The molecule has 1 heterocycles. The predicted molar refractivity (Wildman–Crippen MR) is 93.0 cm³/mol. The minimum atomic E-state index is -0.334. The number of fused-ring (bicyclic) bond motifs is 1. The first-order valence-corrected chi connectivity index (χ1v) is 7.92. The fourth-order valence-electron chi connectivity index (χ4n) is 2.17. The molecule has 0 bridgehead atoms. The maximum Gasteiger partial charge on any atom is 0.308 e. The fraction of sp³-hybridized carbons (Fsp3) is 0.118. The van der Waals surface area contributed by atoms with Gasteiger partial charge in [-0.05, 0) is 24.6 Å². The number of nitrogens with one attached hydrogen (secondary N) is 1. The van der Waals surface area contributed by atoms with E-state index >= 15 is 0 Å². The molecule has 0 aliphatic carbocycles. The van der Waals surface area contributed by atoms with Gasteiger partial charge in [-0.2, -0.15) is 5.10 Å². The fourth-order valence-corrected chi connectivity index (χ4v) is 3.06. The van der Waals surface area contributed by atoms with Crippen LogP contribution in [0.15, 0.2) is 58.4 Å². The number of carbonyl (C=O) groups is 1. The van der Waals surface area contributed by atoms with Crippen LogP contribution >= 0.6 is 11.3 Å². The van der Waals surface area contributed by atoms with Crippen LogP contribution in [0.5, 0.6) is 0 Å². The minimum absolute atomic E-state index is 0.0475. The molecule has 23 heavy (non-hydrogen) atoms. The SMILES string of the molecule is Cc1ccc(/C=N/NC(=O)Cn2c(=O)sc3ccccc32)cc1. The summed E-state index contributed by atoms with van der Waals surface area (Å²) in [6.07, 6.45) is 1.58. The Balaban J connectivity index is 1.68. The van der Waals surface area contributed by atoms with Gasteiger partial charge in [0.1, 0.15) is 6.54 Å². The van der Waals surface area contributed by atoms with E-state index in [2.05, 4.69) is 10.5 Å². The molecule has 6 heteroatoms. The van der Waals surface area contributed by atoms with Crippen molar-refractivity contribution in [3.63, 3.8) is 0 Å². The molecule has 0 aliphatic rings. The van der Waals surface area contributed by atoms with Crippen LogP contribution in [-0.4, -0.2) is 16.7 Å². The number of para-hydroxylation sites is 1. The first-order valence-electron chi connectivity index (χ1n) is 7.10. The van der Waals surface area contributed by atoms with Gasteiger partial charge in [0, 0.05) is 0 Å². The lowest BCUT2D eigenvalue weighted by atomic mass is 10.2. The van der Waals surface area contributed by atoms with Crippen molar-refractivity contribution in [2.24, 2.45) is 5.10 Å². The van der Waals surface area contributed by atoms with Gasteiger partial charge in [-0.3, -0.25) is 14.2 Å². The van der Waals surface area contributed by atoms with Crippen LogP contribution in [-0.2, 0) is 11.3 Å². The highest BCUT2D eigenvalue weighted by molar-refractivity contribution is 7.16. The molecule has 0 unspecified atom stereocenters. The Hall–Kier alpha value is -2.73. The largest absolute Gasteiger partial charge is 0.308 e. The van der Waals surface area contributed by atoms with Gasteiger partial charge in [0.05, 0.1) is 16.4 Å². The highest BCUT2D eigenvalue weighted by atomic mass is 32.1. The Morgan fingerprint density at radius 2 is 1.96 bits per heavy atom. The van der Waals surface area contributed by atoms with Crippen molar-refractivity contribution in [3.05, 3.63) is 69.3 Å². The number of benzene rings is 2. The van der Waals surface area contributed by atoms with Crippen molar-refractivity contribution in [1.82, 2.24) is 9.99 Å². The number of hydrogen-bond donors (Lipinski definition) is 1. The van der Waals surface area contributed by atoms with Gasteiger partial charge in [-0.15, -0.1) is 0 Å². The molecule has 2 aromatic carbocycles. The number of thiazole rings is 1. The van der Waals surface area contributed by atoms with Crippen LogP contribution in [0.4, 0.5) is 0 Å². The van der Waals surface area contributed by atoms with Gasteiger partial charge in [0.2, 0.25) is 0 Å². The average Bonchev–Trinajstić information content (AvgIpc) is 2.85. The summed E-state index contributed by atoms with van der Waals surface area (Å²) in [4.78, 5) is 23.8. The van der Waals surface area contributed by atoms with E-state index in [1.54, 1.807) is 6.21 Å². The Morgan fingerprint density at radius 1 is 1.22 bits per heavy atom. The molecule has 0 fully saturated rings. The maximum absolute atomic E-state index is 12.0. The monoisotopic (exact) mass is 325 g/mol. The number of nitrogens with zero attached hydrogens (tertiary/aromatic N) is 2. The molecule has 3 rings (SSSR count). The summed E-state index contributed by atoms with van der Waals surface area (Å²) in [6.45, 7) is 1.96. The molecule has 0 radical (unpaired) electrons. The van der Waals surface area contributed by atoms with Crippen molar-refractivity contribution >= 4 is 33.7 Å². The van der Waals surface area contributed by atoms with Gasteiger partial charge in [0.15, 0.2) is 0 Å². The maximum atomic E-state index is 12.0. The number of hydrogen-bond acceptors (Lipinski definition) is 4. The van der Waals surface area contributed by atoms with Crippen LogP contribution in [0.2, 0.25) is 0 Å². The smallest absolute Gasteiger partial charge is 0.289 e. The average molecular weight is 325 g/mol. The van der Waals surface area contributed by atoms with Crippen LogP contribution in [0, 0.1) is 6.92 Å². The Kier molecular flexibility index (Phi) is 4.34. The lowest BCUT2D eigenvalue weighted by Crippen LogP contribution is -2.27. The number of rotatable bonds is 4. The first kappa shape index (κ1) is 15.2. The first-order chi connectivity index (χ1) is 11.1. The van der Waals surface area contributed by atoms with Crippen molar-refractivity contribution < 1.29 is 4.79 Å². The topological polar surface area (TPSA) is 63.5 Å². The highest BCUT2D eigenvalue weighted by Crippen LogP contribution is 2.15. The van der Waals surface area contributed by atoms with Crippen LogP contribution in [0.3, 0.4) is 0 Å². The van der Waals surface area contributed by atoms with Gasteiger partial charge in [-0.1, -0.05) is 53.3 Å². The van der Waals surface area contributed by atoms with Crippen molar-refractivity contribution in [1.29, 1.82) is 0 Å². The Labute approximate surface area is 136 Å². The summed E-state index contributed by atoms with van der Waals surface area (Å²) in [5, 5.41) is 3.92. The van der Waals surface area contributed by atoms with Gasteiger partial charge < -0.3 is 0 Å². The molecule has 116 valence electrons. The molecule has 0 saturated heterocycles. The van der Waals surface area contributed by atoms with E-state index < -0.39 is 0 Å². The summed E-state index contributed by atoms with van der Waals surface area (Å²) in [5.74, 6) is -0.334. The summed E-state index contributed by atoms with van der Waals surface area (Å²) >= 11 is 1.13. The molecule has 0 aliphatic heterocycles. The molecule has 5 nitrogen and oxygen atoms in total. The number of hydrazone groups is 1. The summed E-state index contributed by atoms with van der Waals surface area (Å²) in [7, 11) is 0. The van der Waals surface area contributed by atoms with Crippen LogP contribution in [0.25, 0.3) is 10.2 Å². The second kappa shape index (κ2) is 6.58. The molecule has 1 N–H and O–H groups in total. The second-order valence-electron chi connectivity index (χ2n) is 5.13. The number of amides is 1. The van der Waals surface area contributed by atoms with E-state index in [4.69, 9.17) is 0 Å². The van der Waals surface area contributed by atoms with E-state index in [0.29, 0.717) is 0 Å². The lowest BCUT2D eigenvalue weighted by Gasteiger charge is -2.02. The molecule has 1 amide bonds. The van der Waals surface area contributed by atoms with Crippen molar-refractivity contribution in [3.8, 4) is 0 Å². The molecule has 0 saturated carbocycles. The summed E-state index contributed by atoms with van der Waals surface area (Å²) in [5.41, 5.74) is 5.27. The summed E-state index contributed by atoms with van der Waals surface area (Å²) < 4.78 is 2.32. The molecule has 0 spiro atoms. The zero-order valence-corrected chi connectivity index (χ0v) is 13.3. The third-order valence-corrected chi connectivity index (χ3v) is 4.32. The van der Waals surface area contributed by atoms with E-state index in [1.165, 1.54) is 4.57 Å². The van der Waals surface area contributed by atoms with Crippen LogP contribution < -0.4 is 10.3 Å². The Bertz CT molecular complexity index is 923. The molecular weight excluding hydrogens is 310 g/mol. The summed E-state index contributed by atoms with van der Waals surface area (Å²) in [6, 6.07) is 15.2. The second-order valence-corrected chi connectivity index (χ2v) is 6.12. The Morgan fingerprint density at radius 3 is 2.74 bits per heavy atom. The minimum Gasteiger partial charge on any atom is -0.289 e.